The van der Waals surface area contributed by atoms with E-state index in [9.17, 15) is 8.42 Å². The van der Waals surface area contributed by atoms with Gasteiger partial charge in [0.25, 0.3) is 0 Å². The van der Waals surface area contributed by atoms with E-state index in [0.29, 0.717) is 10.9 Å². The van der Waals surface area contributed by atoms with Gasteiger partial charge in [0.1, 0.15) is 9.90 Å². The molecule has 2 N–H and O–H groups in total. The minimum Gasteiger partial charge on any atom is -0.382 e. The van der Waals surface area contributed by atoms with Gasteiger partial charge in [-0.1, -0.05) is 20.3 Å². The number of nitrogens with zero attached hydrogens (tertiary/aromatic N) is 2. The van der Waals surface area contributed by atoms with Crippen LogP contribution in [0.1, 0.15) is 33.1 Å². The molecular weight excluding hydrogens is 282 g/mol. The van der Waals surface area contributed by atoms with E-state index in [1.54, 1.807) is 0 Å². The van der Waals surface area contributed by atoms with Gasteiger partial charge in [-0.25, -0.2) is 8.42 Å². The summed E-state index contributed by atoms with van der Waals surface area (Å²) in [5.41, 5.74) is 5.79. The Bertz CT molecular complexity index is 549. The Morgan fingerprint density at radius 1 is 1.53 bits per heavy atom. The summed E-state index contributed by atoms with van der Waals surface area (Å²) in [6.07, 6.45) is 2.54. The Morgan fingerprint density at radius 2 is 2.16 bits per heavy atom. The molecule has 1 heterocycles. The highest BCUT2D eigenvalue weighted by Gasteiger charge is 2.41. The maximum Gasteiger partial charge on any atom is 0.187 e. The second-order valence-electron chi connectivity index (χ2n) is 5.34. The highest BCUT2D eigenvalue weighted by Crippen LogP contribution is 2.42. The first-order chi connectivity index (χ1) is 8.87. The predicted octanol–water partition coefficient (Wildman–Crippen LogP) is 2.14. The summed E-state index contributed by atoms with van der Waals surface area (Å²) in [5.74, 6) is 0.660. The van der Waals surface area contributed by atoms with E-state index < -0.39 is 9.84 Å². The molecule has 19 heavy (non-hydrogen) atoms. The highest BCUT2D eigenvalue weighted by atomic mass is 32.2. The lowest BCUT2D eigenvalue weighted by Gasteiger charge is -2.22. The molecule has 7 heteroatoms. The molecular formula is C12H21N3O2S2. The number of anilines is 2. The fraction of sp³-hybridized carbons (Fsp3) is 0.750. The van der Waals surface area contributed by atoms with E-state index in [1.807, 2.05) is 11.9 Å². The first kappa shape index (κ1) is 14.6. The topological polar surface area (TPSA) is 76.3 Å². The number of sulfone groups is 1. The van der Waals surface area contributed by atoms with Crippen molar-refractivity contribution in [3.8, 4) is 0 Å². The van der Waals surface area contributed by atoms with Crippen LogP contribution in [-0.2, 0) is 9.84 Å². The molecule has 0 saturated heterocycles. The number of hydrogen-bond acceptors (Lipinski definition) is 6. The van der Waals surface area contributed by atoms with Gasteiger partial charge in [-0.3, -0.25) is 0 Å². The third kappa shape index (κ3) is 2.86. The van der Waals surface area contributed by atoms with Crippen LogP contribution in [0.3, 0.4) is 0 Å². The molecule has 0 spiro atoms. The molecule has 108 valence electrons. The van der Waals surface area contributed by atoms with Gasteiger partial charge in [-0.15, -0.1) is 0 Å². The number of nitrogen functional groups attached to an aromatic ring is 1. The monoisotopic (exact) mass is 303 g/mol. The highest BCUT2D eigenvalue weighted by molar-refractivity contribution is 7.92. The van der Waals surface area contributed by atoms with Gasteiger partial charge in [-0.05, 0) is 30.3 Å². The Hall–Kier alpha value is -0.820. The van der Waals surface area contributed by atoms with Gasteiger partial charge >= 0.3 is 0 Å². The molecule has 1 aromatic heterocycles. The number of nitrogens with two attached hydrogens (primary N) is 1. The molecule has 1 saturated carbocycles. The Labute approximate surface area is 118 Å². The zero-order valence-electron chi connectivity index (χ0n) is 11.6. The molecule has 1 aliphatic rings. The fourth-order valence-electron chi connectivity index (χ4n) is 2.02. The summed E-state index contributed by atoms with van der Waals surface area (Å²) in [7, 11) is -1.38. The smallest absolute Gasteiger partial charge is 0.187 e. The maximum absolute atomic E-state index is 12.4. The van der Waals surface area contributed by atoms with Gasteiger partial charge < -0.3 is 10.6 Å². The Morgan fingerprint density at radius 3 is 2.68 bits per heavy atom. The van der Waals surface area contributed by atoms with Crippen molar-refractivity contribution in [1.82, 2.24) is 4.37 Å². The summed E-state index contributed by atoms with van der Waals surface area (Å²) in [6, 6.07) is 0. The predicted molar refractivity (Wildman–Crippen MR) is 79.5 cm³/mol. The van der Waals surface area contributed by atoms with Gasteiger partial charge in [-0.2, -0.15) is 4.37 Å². The van der Waals surface area contributed by atoms with Crippen LogP contribution in [0.15, 0.2) is 4.90 Å². The lowest BCUT2D eigenvalue weighted by Crippen LogP contribution is -2.25. The maximum atomic E-state index is 12.4. The van der Waals surface area contributed by atoms with Crippen LogP contribution in [-0.4, -0.2) is 31.6 Å². The molecule has 0 aliphatic heterocycles. The van der Waals surface area contributed by atoms with E-state index in [2.05, 4.69) is 18.2 Å². The van der Waals surface area contributed by atoms with Crippen molar-refractivity contribution in [3.05, 3.63) is 0 Å². The summed E-state index contributed by atoms with van der Waals surface area (Å²) in [6.45, 7) is 5.09. The molecule has 2 rings (SSSR count). The third-order valence-electron chi connectivity index (χ3n) is 3.53. The molecule has 1 aromatic rings. The SMILES string of the molecule is CCC(C)CN(C)c1snc(N)c1S(=O)(=O)C1CC1. The summed E-state index contributed by atoms with van der Waals surface area (Å²) in [5, 5.41) is 0.437. The van der Waals surface area contributed by atoms with Crippen LogP contribution in [0.4, 0.5) is 10.8 Å². The van der Waals surface area contributed by atoms with E-state index >= 15 is 0 Å². The van der Waals surface area contributed by atoms with Crippen LogP contribution in [0.2, 0.25) is 0 Å². The van der Waals surface area contributed by atoms with Gasteiger partial charge in [0.15, 0.2) is 15.7 Å². The molecule has 1 aliphatic carbocycles. The molecule has 1 atom stereocenters. The molecule has 1 unspecified atom stereocenters. The molecule has 0 aromatic carbocycles. The summed E-state index contributed by atoms with van der Waals surface area (Å²) >= 11 is 1.18. The average Bonchev–Trinajstić information content (AvgIpc) is 3.12. The minimum absolute atomic E-state index is 0.155. The molecule has 1 fully saturated rings. The van der Waals surface area contributed by atoms with E-state index in [4.69, 9.17) is 5.73 Å². The molecule has 0 bridgehead atoms. The van der Waals surface area contributed by atoms with Crippen molar-refractivity contribution < 1.29 is 8.42 Å². The molecule has 0 radical (unpaired) electrons. The average molecular weight is 303 g/mol. The second kappa shape index (κ2) is 5.28. The molecule has 0 amide bonds. The zero-order valence-corrected chi connectivity index (χ0v) is 13.2. The van der Waals surface area contributed by atoms with Crippen LogP contribution in [0, 0.1) is 5.92 Å². The zero-order chi connectivity index (χ0) is 14.2. The van der Waals surface area contributed by atoms with E-state index in [1.165, 1.54) is 11.5 Å². The van der Waals surface area contributed by atoms with Crippen molar-refractivity contribution in [2.75, 3.05) is 24.2 Å². The van der Waals surface area contributed by atoms with Crippen molar-refractivity contribution >= 4 is 32.2 Å². The summed E-state index contributed by atoms with van der Waals surface area (Å²) in [4.78, 5) is 2.23. The molecule has 5 nitrogen and oxygen atoms in total. The van der Waals surface area contributed by atoms with Crippen LogP contribution in [0.25, 0.3) is 0 Å². The van der Waals surface area contributed by atoms with Crippen molar-refractivity contribution in [3.63, 3.8) is 0 Å². The van der Waals surface area contributed by atoms with Crippen LogP contribution < -0.4 is 10.6 Å². The van der Waals surface area contributed by atoms with Crippen molar-refractivity contribution in [2.24, 2.45) is 5.92 Å². The standard InChI is InChI=1S/C12H21N3O2S2/c1-4-8(2)7-15(3)12-10(11(13)14-18-12)19(16,17)9-5-6-9/h8-9H,4-7H2,1-3H3,(H2,13,14). The first-order valence-corrected chi connectivity index (χ1v) is 8.90. The Balaban J connectivity index is 2.32. The van der Waals surface area contributed by atoms with Crippen molar-refractivity contribution in [2.45, 2.75) is 43.3 Å². The number of aromatic nitrogens is 1. The third-order valence-corrected chi connectivity index (χ3v) is 6.96. The number of rotatable bonds is 6. The fourth-order valence-corrected chi connectivity index (χ4v) is 5.04. The normalized spacial score (nSPS) is 17.4. The summed E-state index contributed by atoms with van der Waals surface area (Å²) < 4.78 is 28.9. The van der Waals surface area contributed by atoms with Crippen LogP contribution >= 0.6 is 11.5 Å². The Kier molecular flexibility index (Phi) is 4.06. The first-order valence-electron chi connectivity index (χ1n) is 6.58. The van der Waals surface area contributed by atoms with Gasteiger partial charge in [0.2, 0.25) is 0 Å². The van der Waals surface area contributed by atoms with E-state index in [-0.39, 0.29) is 16.0 Å². The van der Waals surface area contributed by atoms with Crippen LogP contribution in [0.5, 0.6) is 0 Å². The second-order valence-corrected chi connectivity index (χ2v) is 8.26. The minimum atomic E-state index is -3.29. The lowest BCUT2D eigenvalue weighted by molar-refractivity contribution is 0.559. The van der Waals surface area contributed by atoms with Gasteiger partial charge in [0.05, 0.1) is 5.25 Å². The lowest BCUT2D eigenvalue weighted by atomic mass is 10.1. The van der Waals surface area contributed by atoms with Crippen molar-refractivity contribution in [1.29, 1.82) is 0 Å². The quantitative estimate of drug-likeness (QED) is 0.871. The van der Waals surface area contributed by atoms with E-state index in [0.717, 1.165) is 25.8 Å². The number of hydrogen-bond donors (Lipinski definition) is 1. The largest absolute Gasteiger partial charge is 0.382 e. The van der Waals surface area contributed by atoms with Gasteiger partial charge in [0, 0.05) is 13.6 Å².